The summed E-state index contributed by atoms with van der Waals surface area (Å²) in [6.07, 6.45) is 3.05. The highest BCUT2D eigenvalue weighted by molar-refractivity contribution is 5.82. The van der Waals surface area contributed by atoms with Gasteiger partial charge in [-0.05, 0) is 25.7 Å². The summed E-state index contributed by atoms with van der Waals surface area (Å²) in [5.74, 6) is 0.0923. The SMILES string of the molecule is COCCCC(N)C(=O)N1CCC(NC(=O)C(C)C)CC1. The maximum absolute atomic E-state index is 12.2. The van der Waals surface area contributed by atoms with Crippen LogP contribution < -0.4 is 11.1 Å². The van der Waals surface area contributed by atoms with Gasteiger partial charge in [0.05, 0.1) is 6.04 Å². The number of piperidine rings is 1. The summed E-state index contributed by atoms with van der Waals surface area (Å²) in [6.45, 7) is 5.73. The van der Waals surface area contributed by atoms with Gasteiger partial charge in [-0.15, -0.1) is 0 Å². The molecule has 0 aromatic heterocycles. The lowest BCUT2D eigenvalue weighted by molar-refractivity contribution is -0.134. The van der Waals surface area contributed by atoms with E-state index in [1.165, 1.54) is 0 Å². The predicted octanol–water partition coefficient (Wildman–Crippen LogP) is 0.504. The van der Waals surface area contributed by atoms with E-state index in [1.807, 2.05) is 18.7 Å². The number of likely N-dealkylation sites (tertiary alicyclic amines) is 1. The zero-order chi connectivity index (χ0) is 15.8. The molecule has 1 aliphatic heterocycles. The van der Waals surface area contributed by atoms with Crippen LogP contribution in [0.4, 0.5) is 0 Å². The van der Waals surface area contributed by atoms with Gasteiger partial charge in [0.1, 0.15) is 0 Å². The van der Waals surface area contributed by atoms with Crippen molar-refractivity contribution in [3.05, 3.63) is 0 Å². The van der Waals surface area contributed by atoms with Crippen molar-refractivity contribution in [2.24, 2.45) is 11.7 Å². The molecule has 1 aliphatic rings. The van der Waals surface area contributed by atoms with Crippen molar-refractivity contribution in [1.29, 1.82) is 0 Å². The van der Waals surface area contributed by atoms with E-state index in [0.29, 0.717) is 26.1 Å². The monoisotopic (exact) mass is 299 g/mol. The summed E-state index contributed by atoms with van der Waals surface area (Å²) in [5, 5.41) is 3.02. The average Bonchev–Trinajstić information content (AvgIpc) is 2.47. The Morgan fingerprint density at radius 1 is 1.33 bits per heavy atom. The third-order valence-corrected chi connectivity index (χ3v) is 3.86. The standard InChI is InChI=1S/C15H29N3O3/c1-11(2)14(19)17-12-6-8-18(9-7-12)15(20)13(16)5-4-10-21-3/h11-13H,4-10,16H2,1-3H3,(H,17,19). The number of carbonyl (C=O) groups excluding carboxylic acids is 2. The number of rotatable bonds is 7. The maximum Gasteiger partial charge on any atom is 0.239 e. The predicted molar refractivity (Wildman–Crippen MR) is 81.7 cm³/mol. The molecular weight excluding hydrogens is 270 g/mol. The van der Waals surface area contributed by atoms with E-state index >= 15 is 0 Å². The Morgan fingerprint density at radius 3 is 2.48 bits per heavy atom. The molecule has 2 amide bonds. The smallest absolute Gasteiger partial charge is 0.239 e. The molecule has 122 valence electrons. The summed E-state index contributed by atoms with van der Waals surface area (Å²) in [5.41, 5.74) is 5.93. The number of nitrogens with two attached hydrogens (primary N) is 1. The molecule has 6 heteroatoms. The molecule has 6 nitrogen and oxygen atoms in total. The Hall–Kier alpha value is -1.14. The molecule has 1 unspecified atom stereocenters. The lowest BCUT2D eigenvalue weighted by Gasteiger charge is -2.34. The van der Waals surface area contributed by atoms with Crippen LogP contribution in [-0.4, -0.2) is 55.6 Å². The van der Waals surface area contributed by atoms with E-state index in [4.69, 9.17) is 10.5 Å². The Balaban J connectivity index is 2.31. The molecule has 1 saturated heterocycles. The number of nitrogens with zero attached hydrogens (tertiary/aromatic N) is 1. The van der Waals surface area contributed by atoms with E-state index in [1.54, 1.807) is 7.11 Å². The van der Waals surface area contributed by atoms with E-state index < -0.39 is 6.04 Å². The van der Waals surface area contributed by atoms with Crippen LogP contribution in [-0.2, 0) is 14.3 Å². The van der Waals surface area contributed by atoms with Crippen LogP contribution in [0.2, 0.25) is 0 Å². The second-order valence-electron chi connectivity index (χ2n) is 6.00. The molecule has 1 heterocycles. The Labute approximate surface area is 127 Å². The van der Waals surface area contributed by atoms with Crippen molar-refractivity contribution in [2.45, 2.75) is 51.6 Å². The number of methoxy groups -OCH3 is 1. The van der Waals surface area contributed by atoms with Crippen molar-refractivity contribution >= 4 is 11.8 Å². The van der Waals surface area contributed by atoms with Gasteiger partial charge in [-0.25, -0.2) is 0 Å². The van der Waals surface area contributed by atoms with E-state index in [9.17, 15) is 9.59 Å². The molecule has 0 radical (unpaired) electrons. The summed E-state index contributed by atoms with van der Waals surface area (Å²) in [4.78, 5) is 25.7. The van der Waals surface area contributed by atoms with Crippen LogP contribution in [0.3, 0.4) is 0 Å². The van der Waals surface area contributed by atoms with Crippen molar-refractivity contribution in [2.75, 3.05) is 26.8 Å². The second-order valence-corrected chi connectivity index (χ2v) is 6.00. The fourth-order valence-corrected chi connectivity index (χ4v) is 2.42. The highest BCUT2D eigenvalue weighted by atomic mass is 16.5. The largest absolute Gasteiger partial charge is 0.385 e. The van der Waals surface area contributed by atoms with E-state index in [0.717, 1.165) is 19.3 Å². The molecule has 0 saturated carbocycles. The average molecular weight is 299 g/mol. The number of carbonyl (C=O) groups is 2. The molecule has 0 aliphatic carbocycles. The van der Waals surface area contributed by atoms with Gasteiger partial charge < -0.3 is 20.7 Å². The molecule has 0 aromatic rings. The summed E-state index contributed by atoms with van der Waals surface area (Å²) in [6, 6.07) is -0.268. The normalized spacial score (nSPS) is 17.9. The zero-order valence-corrected chi connectivity index (χ0v) is 13.4. The summed E-state index contributed by atoms with van der Waals surface area (Å²) < 4.78 is 4.97. The molecule has 3 N–H and O–H groups in total. The van der Waals surface area contributed by atoms with Crippen LogP contribution in [0.15, 0.2) is 0 Å². The first kappa shape index (κ1) is 17.9. The molecule has 0 aromatic carbocycles. The van der Waals surface area contributed by atoms with Gasteiger partial charge in [-0.2, -0.15) is 0 Å². The summed E-state index contributed by atoms with van der Waals surface area (Å²) >= 11 is 0. The van der Waals surface area contributed by atoms with Gasteiger partial charge >= 0.3 is 0 Å². The number of hydrogen-bond donors (Lipinski definition) is 2. The minimum atomic E-state index is -0.443. The van der Waals surface area contributed by atoms with Crippen molar-refractivity contribution in [3.63, 3.8) is 0 Å². The van der Waals surface area contributed by atoms with Gasteiger partial charge in [0.2, 0.25) is 11.8 Å². The molecule has 1 atom stereocenters. The van der Waals surface area contributed by atoms with Crippen molar-refractivity contribution < 1.29 is 14.3 Å². The van der Waals surface area contributed by atoms with Gasteiger partial charge in [0.15, 0.2) is 0 Å². The minimum Gasteiger partial charge on any atom is -0.385 e. The Kier molecular flexibility index (Phi) is 7.67. The fourth-order valence-electron chi connectivity index (χ4n) is 2.42. The second kappa shape index (κ2) is 9.00. The maximum atomic E-state index is 12.2. The van der Waals surface area contributed by atoms with Crippen LogP contribution in [0, 0.1) is 5.92 Å². The van der Waals surface area contributed by atoms with Gasteiger partial charge in [-0.3, -0.25) is 9.59 Å². The topological polar surface area (TPSA) is 84.7 Å². The molecule has 1 fully saturated rings. The highest BCUT2D eigenvalue weighted by Crippen LogP contribution is 2.13. The van der Waals surface area contributed by atoms with Gasteiger partial charge in [-0.1, -0.05) is 13.8 Å². The quantitative estimate of drug-likeness (QED) is 0.671. The highest BCUT2D eigenvalue weighted by Gasteiger charge is 2.27. The van der Waals surface area contributed by atoms with Crippen LogP contribution >= 0.6 is 0 Å². The number of amides is 2. The van der Waals surface area contributed by atoms with Gasteiger partial charge in [0, 0.05) is 38.8 Å². The molecule has 21 heavy (non-hydrogen) atoms. The molecule has 0 bridgehead atoms. The first-order chi connectivity index (χ1) is 9.95. The third kappa shape index (κ3) is 6.01. The van der Waals surface area contributed by atoms with Crippen molar-refractivity contribution in [1.82, 2.24) is 10.2 Å². The lowest BCUT2D eigenvalue weighted by Crippen LogP contribution is -2.51. The number of nitrogens with one attached hydrogen (secondary N) is 1. The minimum absolute atomic E-state index is 0.00105. The Morgan fingerprint density at radius 2 is 1.95 bits per heavy atom. The number of hydrogen-bond acceptors (Lipinski definition) is 4. The number of ether oxygens (including phenoxy) is 1. The third-order valence-electron chi connectivity index (χ3n) is 3.86. The zero-order valence-electron chi connectivity index (χ0n) is 13.4. The first-order valence-corrected chi connectivity index (χ1v) is 7.79. The Bertz CT molecular complexity index is 339. The molecular formula is C15H29N3O3. The lowest BCUT2D eigenvalue weighted by atomic mass is 10.0. The van der Waals surface area contributed by atoms with Crippen LogP contribution in [0.25, 0.3) is 0 Å². The van der Waals surface area contributed by atoms with E-state index in [-0.39, 0.29) is 23.8 Å². The molecule has 0 spiro atoms. The van der Waals surface area contributed by atoms with Crippen molar-refractivity contribution in [3.8, 4) is 0 Å². The van der Waals surface area contributed by atoms with Crippen LogP contribution in [0.5, 0.6) is 0 Å². The molecule has 1 rings (SSSR count). The fraction of sp³-hybridized carbons (Fsp3) is 0.867. The summed E-state index contributed by atoms with van der Waals surface area (Å²) in [7, 11) is 1.64. The van der Waals surface area contributed by atoms with Gasteiger partial charge in [0.25, 0.3) is 0 Å². The van der Waals surface area contributed by atoms with Crippen LogP contribution in [0.1, 0.15) is 39.5 Å². The van der Waals surface area contributed by atoms with E-state index in [2.05, 4.69) is 5.32 Å². The first-order valence-electron chi connectivity index (χ1n) is 7.79.